The van der Waals surface area contributed by atoms with Crippen LogP contribution in [0, 0.1) is 18.6 Å². The maximum Gasteiger partial charge on any atom is 0.336 e. The molecule has 0 aliphatic rings. The van der Waals surface area contributed by atoms with E-state index in [1.165, 1.54) is 17.4 Å². The third kappa shape index (κ3) is 2.36. The maximum atomic E-state index is 13.9. The number of carboxylic acid groups (broad SMARTS) is 1. The first kappa shape index (κ1) is 13.6. The Kier molecular flexibility index (Phi) is 3.13. The van der Waals surface area contributed by atoms with E-state index in [1.807, 2.05) is 0 Å². The van der Waals surface area contributed by atoms with Crippen molar-refractivity contribution in [3.8, 4) is 11.4 Å². The van der Waals surface area contributed by atoms with Crippen molar-refractivity contribution in [2.24, 2.45) is 0 Å². The lowest BCUT2D eigenvalue weighted by molar-refractivity contribution is 0.0699. The van der Waals surface area contributed by atoms with Gasteiger partial charge in [0.1, 0.15) is 11.3 Å². The Morgan fingerprint density at radius 3 is 2.57 bits per heavy atom. The van der Waals surface area contributed by atoms with E-state index in [-0.39, 0.29) is 22.2 Å². The number of halogens is 2. The lowest BCUT2D eigenvalue weighted by Gasteiger charge is -2.06. The fourth-order valence-corrected chi connectivity index (χ4v) is 2.65. The number of hydrogen-bond donors (Lipinski definition) is 1. The molecule has 1 aromatic carbocycles. The van der Waals surface area contributed by atoms with Gasteiger partial charge in [0.25, 0.3) is 0 Å². The zero-order valence-corrected chi connectivity index (χ0v) is 11.5. The molecule has 0 saturated carbocycles. The second-order valence-electron chi connectivity index (χ2n) is 4.40. The highest BCUT2D eigenvalue weighted by molar-refractivity contribution is 7.09. The summed E-state index contributed by atoms with van der Waals surface area (Å²) >= 11 is 1.37. The van der Waals surface area contributed by atoms with Gasteiger partial charge in [0.2, 0.25) is 0 Å². The molecule has 0 bridgehead atoms. The highest BCUT2D eigenvalue weighted by Gasteiger charge is 2.17. The minimum atomic E-state index is -1.28. The largest absolute Gasteiger partial charge is 0.478 e. The molecule has 0 unspecified atom stereocenters. The molecule has 2 heterocycles. The number of carboxylic acids is 1. The Morgan fingerprint density at radius 2 is 1.95 bits per heavy atom. The van der Waals surface area contributed by atoms with Crippen molar-refractivity contribution < 1.29 is 18.7 Å². The summed E-state index contributed by atoms with van der Waals surface area (Å²) in [5.41, 5.74) is 0.316. The number of rotatable bonds is 2. The van der Waals surface area contributed by atoms with Crippen LogP contribution in [0.2, 0.25) is 0 Å². The highest BCUT2D eigenvalue weighted by Crippen LogP contribution is 2.28. The van der Waals surface area contributed by atoms with Crippen molar-refractivity contribution >= 4 is 28.2 Å². The summed E-state index contributed by atoms with van der Waals surface area (Å²) in [6.45, 7) is 1.79. The SMILES string of the molecule is Cc1nc(-c2cc(C(=O)O)c3cc(F)cc(F)c3n2)cs1. The van der Waals surface area contributed by atoms with E-state index < -0.39 is 17.6 Å². The Balaban J connectivity index is 2.37. The van der Waals surface area contributed by atoms with Crippen LogP contribution in [0.15, 0.2) is 23.6 Å². The zero-order valence-electron chi connectivity index (χ0n) is 10.7. The van der Waals surface area contributed by atoms with Crippen LogP contribution in [0.1, 0.15) is 15.4 Å². The van der Waals surface area contributed by atoms with E-state index in [2.05, 4.69) is 9.97 Å². The van der Waals surface area contributed by atoms with Gasteiger partial charge >= 0.3 is 5.97 Å². The summed E-state index contributed by atoms with van der Waals surface area (Å²) in [6.07, 6.45) is 0. The van der Waals surface area contributed by atoms with Crippen molar-refractivity contribution in [3.63, 3.8) is 0 Å². The Bertz CT molecular complexity index is 877. The Labute approximate surface area is 121 Å². The van der Waals surface area contributed by atoms with Crippen LogP contribution in [0.4, 0.5) is 8.78 Å². The van der Waals surface area contributed by atoms with Crippen LogP contribution in [-0.4, -0.2) is 21.0 Å². The smallest absolute Gasteiger partial charge is 0.336 e. The number of benzene rings is 1. The van der Waals surface area contributed by atoms with Crippen LogP contribution < -0.4 is 0 Å². The number of aromatic nitrogens is 2. The molecule has 21 heavy (non-hydrogen) atoms. The molecule has 0 fully saturated rings. The molecule has 2 aromatic heterocycles. The first-order chi connectivity index (χ1) is 9.95. The number of aryl methyl sites for hydroxylation is 1. The predicted molar refractivity (Wildman–Crippen MR) is 74.5 cm³/mol. The third-order valence-electron chi connectivity index (χ3n) is 2.94. The molecule has 0 spiro atoms. The molecule has 0 saturated heterocycles. The van der Waals surface area contributed by atoms with Gasteiger partial charge in [-0.2, -0.15) is 0 Å². The Morgan fingerprint density at radius 1 is 1.19 bits per heavy atom. The second-order valence-corrected chi connectivity index (χ2v) is 5.46. The third-order valence-corrected chi connectivity index (χ3v) is 3.72. The molecule has 0 aliphatic carbocycles. The molecule has 1 N–H and O–H groups in total. The van der Waals surface area contributed by atoms with Gasteiger partial charge < -0.3 is 5.11 Å². The monoisotopic (exact) mass is 306 g/mol. The first-order valence-corrected chi connectivity index (χ1v) is 6.79. The van der Waals surface area contributed by atoms with Crippen molar-refractivity contribution in [3.05, 3.63) is 45.8 Å². The van der Waals surface area contributed by atoms with E-state index >= 15 is 0 Å². The molecule has 4 nitrogen and oxygen atoms in total. The fourth-order valence-electron chi connectivity index (χ4n) is 2.04. The van der Waals surface area contributed by atoms with Crippen LogP contribution in [0.3, 0.4) is 0 Å². The highest BCUT2D eigenvalue weighted by atomic mass is 32.1. The summed E-state index contributed by atoms with van der Waals surface area (Å²) in [6, 6.07) is 2.92. The molecular weight excluding hydrogens is 298 g/mol. The number of pyridine rings is 1. The number of carbonyl (C=O) groups is 1. The molecule has 7 heteroatoms. The number of fused-ring (bicyclic) bond motifs is 1. The molecule has 0 atom stereocenters. The molecule has 0 radical (unpaired) electrons. The molecular formula is C14H8F2N2O2S. The molecule has 106 valence electrons. The quantitative estimate of drug-likeness (QED) is 0.785. The van der Waals surface area contributed by atoms with Gasteiger partial charge in [-0.1, -0.05) is 0 Å². The van der Waals surface area contributed by atoms with E-state index in [9.17, 15) is 18.7 Å². The maximum absolute atomic E-state index is 13.9. The minimum absolute atomic E-state index is 0.0734. The van der Waals surface area contributed by atoms with E-state index in [0.29, 0.717) is 11.8 Å². The van der Waals surface area contributed by atoms with Crippen LogP contribution in [0.25, 0.3) is 22.3 Å². The zero-order chi connectivity index (χ0) is 15.1. The number of hydrogen-bond acceptors (Lipinski definition) is 4. The standard InChI is InChI=1S/C14H8F2N2O2S/c1-6-17-12(5-21-6)11-4-9(14(19)20)8-2-7(15)3-10(16)13(8)18-11/h2-5H,1H3,(H,19,20). The van der Waals surface area contributed by atoms with Gasteiger partial charge in [0, 0.05) is 16.8 Å². The van der Waals surface area contributed by atoms with E-state index in [1.54, 1.807) is 12.3 Å². The topological polar surface area (TPSA) is 63.1 Å². The van der Waals surface area contributed by atoms with Crippen molar-refractivity contribution in [2.75, 3.05) is 0 Å². The summed E-state index contributed by atoms with van der Waals surface area (Å²) in [7, 11) is 0. The molecule has 0 amide bonds. The first-order valence-electron chi connectivity index (χ1n) is 5.91. The minimum Gasteiger partial charge on any atom is -0.478 e. The second kappa shape index (κ2) is 4.85. The van der Waals surface area contributed by atoms with Gasteiger partial charge in [0.05, 0.1) is 22.0 Å². The van der Waals surface area contributed by atoms with Crippen molar-refractivity contribution in [1.29, 1.82) is 0 Å². The van der Waals surface area contributed by atoms with Gasteiger partial charge in [-0.3, -0.25) is 0 Å². The Hall–Kier alpha value is -2.41. The van der Waals surface area contributed by atoms with Gasteiger partial charge in [0.15, 0.2) is 5.82 Å². The van der Waals surface area contributed by atoms with E-state index in [4.69, 9.17) is 0 Å². The molecule has 3 rings (SSSR count). The average Bonchev–Trinajstić information content (AvgIpc) is 2.84. The average molecular weight is 306 g/mol. The van der Waals surface area contributed by atoms with Gasteiger partial charge in [-0.15, -0.1) is 11.3 Å². The van der Waals surface area contributed by atoms with Gasteiger partial charge in [-0.05, 0) is 19.1 Å². The lowest BCUT2D eigenvalue weighted by Crippen LogP contribution is -2.02. The van der Waals surface area contributed by atoms with Crippen molar-refractivity contribution in [2.45, 2.75) is 6.92 Å². The summed E-state index contributed by atoms with van der Waals surface area (Å²) < 4.78 is 27.2. The molecule has 0 aliphatic heterocycles. The molecule has 3 aromatic rings. The van der Waals surface area contributed by atoms with E-state index in [0.717, 1.165) is 11.1 Å². The van der Waals surface area contributed by atoms with Crippen LogP contribution in [-0.2, 0) is 0 Å². The number of thiazole rings is 1. The van der Waals surface area contributed by atoms with Crippen molar-refractivity contribution in [1.82, 2.24) is 9.97 Å². The predicted octanol–water partition coefficient (Wildman–Crippen LogP) is 3.64. The number of aromatic carboxylic acids is 1. The van der Waals surface area contributed by atoms with Crippen LogP contribution >= 0.6 is 11.3 Å². The number of nitrogens with zero attached hydrogens (tertiary/aromatic N) is 2. The normalized spacial score (nSPS) is 11.0. The van der Waals surface area contributed by atoms with Crippen LogP contribution in [0.5, 0.6) is 0 Å². The fraction of sp³-hybridized carbons (Fsp3) is 0.0714. The summed E-state index contributed by atoms with van der Waals surface area (Å²) in [5.74, 6) is -3.02. The van der Waals surface area contributed by atoms with Gasteiger partial charge in [-0.25, -0.2) is 23.5 Å². The summed E-state index contributed by atoms with van der Waals surface area (Å²) in [4.78, 5) is 19.6. The summed E-state index contributed by atoms with van der Waals surface area (Å²) in [5, 5.41) is 11.7. The lowest BCUT2D eigenvalue weighted by atomic mass is 10.1.